The van der Waals surface area contributed by atoms with Gasteiger partial charge in [-0.15, -0.1) is 28.2 Å². The number of aliphatic carboxylic acids is 1. The number of amides is 2. The molecule has 33 heavy (non-hydrogen) atoms. The van der Waals surface area contributed by atoms with E-state index in [1.54, 1.807) is 12.4 Å². The minimum atomic E-state index is -1.23. The van der Waals surface area contributed by atoms with Crippen molar-refractivity contribution in [3.8, 4) is 0 Å². The van der Waals surface area contributed by atoms with Crippen LogP contribution in [0.5, 0.6) is 0 Å². The number of hydrogen-bond donors (Lipinski definition) is 3. The van der Waals surface area contributed by atoms with E-state index in [0.29, 0.717) is 10.1 Å². The highest BCUT2D eigenvalue weighted by molar-refractivity contribution is 8.06. The number of carbonyl (C=O) groups excluding carboxylic acids is 2. The Hall–Kier alpha value is -3.18. The molecule has 0 aliphatic carbocycles. The lowest BCUT2D eigenvalue weighted by Gasteiger charge is -2.48. The lowest BCUT2D eigenvalue weighted by atomic mass is 9.99. The Labute approximate surface area is 198 Å². The molecular formula is C16H17N9O5S3. The molecule has 2 aromatic heterocycles. The van der Waals surface area contributed by atoms with Gasteiger partial charge in [-0.1, -0.05) is 16.9 Å². The summed E-state index contributed by atoms with van der Waals surface area (Å²) in [5.74, 6) is -1.97. The quantitative estimate of drug-likeness (QED) is 0.178. The summed E-state index contributed by atoms with van der Waals surface area (Å²) in [6.45, 7) is 0. The Bertz CT molecular complexity index is 1180. The highest BCUT2D eigenvalue weighted by atomic mass is 32.2. The fourth-order valence-electron chi connectivity index (χ4n) is 3.21. The molecule has 0 saturated carbocycles. The third-order valence-corrected chi connectivity index (χ3v) is 7.86. The second kappa shape index (κ2) is 9.36. The lowest BCUT2D eigenvalue weighted by Crippen LogP contribution is -2.64. The molecule has 2 unspecified atom stereocenters. The van der Waals surface area contributed by atoms with Crippen molar-refractivity contribution < 1.29 is 24.3 Å². The van der Waals surface area contributed by atoms with Gasteiger partial charge >= 0.3 is 5.97 Å². The molecule has 0 spiro atoms. The van der Waals surface area contributed by atoms with Crippen LogP contribution in [-0.4, -0.2) is 83.0 Å². The molecule has 0 radical (unpaired) electrons. The van der Waals surface area contributed by atoms with E-state index >= 15 is 0 Å². The second-order valence-corrected chi connectivity index (χ2v) is 9.76. The van der Waals surface area contributed by atoms with Gasteiger partial charge in [0.05, 0.1) is 12.5 Å². The van der Waals surface area contributed by atoms with Crippen LogP contribution >= 0.6 is 34.9 Å². The number of nitrogen functional groups attached to an aromatic ring is 1. The molecule has 4 heterocycles. The normalized spacial score (nSPS) is 20.4. The van der Waals surface area contributed by atoms with E-state index in [1.165, 1.54) is 28.5 Å². The van der Waals surface area contributed by atoms with Gasteiger partial charge in [-0.3, -0.25) is 14.5 Å². The van der Waals surface area contributed by atoms with Gasteiger partial charge < -0.3 is 21.0 Å². The SMILES string of the molecule is CON=C(C(=O)NC1SC(CSc2nnnn2C)=C(C(=O)O)N2C(=O)CC12)c1csc(N)n1. The zero-order chi connectivity index (χ0) is 23.7. The van der Waals surface area contributed by atoms with Crippen LogP contribution < -0.4 is 11.1 Å². The first-order chi connectivity index (χ1) is 15.8. The molecule has 0 bridgehead atoms. The minimum Gasteiger partial charge on any atom is -0.477 e. The molecule has 4 N–H and O–H groups in total. The fraction of sp³-hybridized carbons (Fsp3) is 0.375. The van der Waals surface area contributed by atoms with Crippen LogP contribution in [0.1, 0.15) is 12.1 Å². The number of carboxylic acids is 1. The number of β-lactam (4-membered cyclic amide) rings is 1. The van der Waals surface area contributed by atoms with E-state index < -0.39 is 23.3 Å². The van der Waals surface area contributed by atoms with Crippen molar-refractivity contribution in [1.29, 1.82) is 0 Å². The molecule has 14 nitrogen and oxygen atoms in total. The molecule has 2 aliphatic rings. The molecule has 1 fully saturated rings. The number of tetrazole rings is 1. The summed E-state index contributed by atoms with van der Waals surface area (Å²) in [6.07, 6.45) is 0.1000. The number of oxime groups is 1. The number of anilines is 1. The molecule has 2 amide bonds. The van der Waals surface area contributed by atoms with Crippen LogP contribution in [0.25, 0.3) is 0 Å². The summed E-state index contributed by atoms with van der Waals surface area (Å²) in [6, 6.07) is -0.521. The standard InChI is InChI=1S/C16H17N9O5S3/c1-24-16(20-22-23-24)32-5-8-11(14(28)29)25-7(3-9(25)26)13(33-8)19-12(27)10(21-30-2)6-4-31-15(17)18-6/h4,7,13H,3,5H2,1-2H3,(H2,17,18)(H,19,27)(H,28,29). The van der Waals surface area contributed by atoms with Gasteiger partial charge in [-0.2, -0.15) is 0 Å². The predicted octanol–water partition coefficient (Wildman–Crippen LogP) is -0.522. The first kappa shape index (κ1) is 23.0. The van der Waals surface area contributed by atoms with Gasteiger partial charge in [-0.25, -0.2) is 14.5 Å². The van der Waals surface area contributed by atoms with Gasteiger partial charge in [0.2, 0.25) is 11.1 Å². The number of nitrogens with zero attached hydrogens (tertiary/aromatic N) is 7. The van der Waals surface area contributed by atoms with Crippen molar-refractivity contribution in [3.63, 3.8) is 0 Å². The Morgan fingerprint density at radius 1 is 1.48 bits per heavy atom. The zero-order valence-electron chi connectivity index (χ0n) is 17.2. The predicted molar refractivity (Wildman–Crippen MR) is 119 cm³/mol. The molecule has 2 aromatic rings. The third kappa shape index (κ3) is 4.51. The van der Waals surface area contributed by atoms with E-state index in [-0.39, 0.29) is 40.3 Å². The molecular weight excluding hydrogens is 494 g/mol. The minimum absolute atomic E-state index is 0.0858. The van der Waals surface area contributed by atoms with E-state index in [9.17, 15) is 19.5 Å². The molecule has 174 valence electrons. The van der Waals surface area contributed by atoms with Crippen LogP contribution in [0, 0.1) is 0 Å². The maximum absolute atomic E-state index is 13.0. The monoisotopic (exact) mass is 511 g/mol. The summed E-state index contributed by atoms with van der Waals surface area (Å²) >= 11 is 3.52. The Balaban J connectivity index is 1.58. The van der Waals surface area contributed by atoms with Gasteiger partial charge in [0.25, 0.3) is 5.91 Å². The largest absolute Gasteiger partial charge is 0.477 e. The van der Waals surface area contributed by atoms with Gasteiger partial charge in [-0.05, 0) is 10.4 Å². The summed E-state index contributed by atoms with van der Waals surface area (Å²) in [4.78, 5) is 47.7. The highest BCUT2D eigenvalue weighted by Crippen LogP contribution is 2.44. The molecule has 17 heteroatoms. The fourth-order valence-corrected chi connectivity index (χ4v) is 6.07. The van der Waals surface area contributed by atoms with Crippen molar-refractivity contribution in [2.75, 3.05) is 18.6 Å². The second-order valence-electron chi connectivity index (χ2n) is 6.69. The Kier molecular flexibility index (Phi) is 6.52. The van der Waals surface area contributed by atoms with Crippen molar-refractivity contribution in [3.05, 3.63) is 21.7 Å². The number of thioether (sulfide) groups is 2. The average molecular weight is 512 g/mol. The number of hydrogen-bond acceptors (Lipinski definition) is 13. The lowest BCUT2D eigenvalue weighted by molar-refractivity contribution is -0.149. The zero-order valence-corrected chi connectivity index (χ0v) is 19.6. The average Bonchev–Trinajstić information content (AvgIpc) is 3.38. The van der Waals surface area contributed by atoms with Gasteiger partial charge in [0.1, 0.15) is 23.9 Å². The van der Waals surface area contributed by atoms with Crippen molar-refractivity contribution in [1.82, 2.24) is 35.4 Å². The molecule has 2 aliphatic heterocycles. The molecule has 4 rings (SSSR count). The molecule has 0 aromatic carbocycles. The van der Waals surface area contributed by atoms with Crippen molar-refractivity contribution in [2.45, 2.75) is 23.0 Å². The smallest absolute Gasteiger partial charge is 0.353 e. The molecule has 1 saturated heterocycles. The van der Waals surface area contributed by atoms with E-state index in [4.69, 9.17) is 10.6 Å². The number of nitrogens with two attached hydrogens (primary N) is 1. The first-order valence-electron chi connectivity index (χ1n) is 9.23. The van der Waals surface area contributed by atoms with Crippen LogP contribution in [0.15, 0.2) is 26.3 Å². The van der Waals surface area contributed by atoms with Gasteiger partial charge in [0.15, 0.2) is 10.8 Å². The van der Waals surface area contributed by atoms with E-state index in [1.807, 2.05) is 0 Å². The Morgan fingerprint density at radius 2 is 2.27 bits per heavy atom. The van der Waals surface area contributed by atoms with Gasteiger partial charge in [0, 0.05) is 23.1 Å². The van der Waals surface area contributed by atoms with Crippen LogP contribution in [0.2, 0.25) is 0 Å². The number of rotatable bonds is 8. The number of carboxylic acid groups (broad SMARTS) is 1. The summed E-state index contributed by atoms with van der Waals surface area (Å²) in [5.41, 5.74) is 5.71. The number of fused-ring (bicyclic) bond motifs is 1. The van der Waals surface area contributed by atoms with Crippen molar-refractivity contribution >= 4 is 63.5 Å². The maximum Gasteiger partial charge on any atom is 0.353 e. The van der Waals surface area contributed by atoms with Crippen molar-refractivity contribution in [2.24, 2.45) is 12.2 Å². The van der Waals surface area contributed by atoms with E-state index in [0.717, 1.165) is 23.1 Å². The topological polar surface area (TPSA) is 191 Å². The summed E-state index contributed by atoms with van der Waals surface area (Å²) < 4.78 is 1.45. The van der Waals surface area contributed by atoms with Crippen LogP contribution in [0.4, 0.5) is 5.13 Å². The highest BCUT2D eigenvalue weighted by Gasteiger charge is 2.50. The van der Waals surface area contributed by atoms with Crippen LogP contribution in [-0.2, 0) is 26.3 Å². The van der Waals surface area contributed by atoms with E-state index in [2.05, 4.69) is 31.0 Å². The van der Waals surface area contributed by atoms with Crippen LogP contribution in [0.3, 0.4) is 0 Å². The number of thiazole rings is 1. The number of carbonyl (C=O) groups is 3. The summed E-state index contributed by atoms with van der Waals surface area (Å²) in [5, 5.41) is 29.2. The first-order valence-corrected chi connectivity index (χ1v) is 12.0. The maximum atomic E-state index is 13.0. The Morgan fingerprint density at radius 3 is 2.85 bits per heavy atom. The summed E-state index contributed by atoms with van der Waals surface area (Å²) in [7, 11) is 2.95. The number of aryl methyl sites for hydroxylation is 1. The number of aromatic nitrogens is 5. The number of nitrogens with one attached hydrogen (secondary N) is 1. The third-order valence-electron chi connectivity index (χ3n) is 4.66. The molecule has 2 atom stereocenters.